The van der Waals surface area contributed by atoms with Crippen LogP contribution in [0.3, 0.4) is 0 Å². The van der Waals surface area contributed by atoms with Gasteiger partial charge < -0.3 is 16.0 Å². The highest BCUT2D eigenvalue weighted by molar-refractivity contribution is 5.85. The Morgan fingerprint density at radius 2 is 2.00 bits per heavy atom. The average molecular weight is 330 g/mol. The van der Waals surface area contributed by atoms with Crippen LogP contribution in [-0.2, 0) is 0 Å². The maximum Gasteiger partial charge on any atom is 0.191 e. The average Bonchev–Trinajstić information content (AvgIpc) is 2.82. The van der Waals surface area contributed by atoms with Crippen molar-refractivity contribution in [2.24, 2.45) is 11.7 Å². The second-order valence-corrected chi connectivity index (χ2v) is 5.33. The molecule has 4 N–H and O–H groups in total. The molecule has 1 aliphatic rings. The molecule has 21 heavy (non-hydrogen) atoms. The zero-order chi connectivity index (χ0) is 13.2. The largest absolute Gasteiger partial charge is 0.371 e. The van der Waals surface area contributed by atoms with E-state index in [1.807, 2.05) is 24.3 Å². The smallest absolute Gasteiger partial charge is 0.191 e. The number of benzene rings is 1. The van der Waals surface area contributed by atoms with E-state index in [9.17, 15) is 4.79 Å². The first-order chi connectivity index (χ1) is 9.24. The monoisotopic (exact) mass is 329 g/mol. The highest BCUT2D eigenvalue weighted by atomic mass is 35.5. The molecular formula is C15H21Cl2N3O. The molecule has 3 rings (SSSR count). The van der Waals surface area contributed by atoms with Crippen molar-refractivity contribution in [3.63, 3.8) is 0 Å². The van der Waals surface area contributed by atoms with E-state index in [1.165, 1.54) is 12.8 Å². The molecule has 2 aromatic rings. The Morgan fingerprint density at radius 3 is 2.71 bits per heavy atom. The Balaban J connectivity index is 0.00000110. The van der Waals surface area contributed by atoms with Gasteiger partial charge in [0.15, 0.2) is 5.43 Å². The first kappa shape index (κ1) is 17.8. The van der Waals surface area contributed by atoms with Crippen molar-refractivity contribution in [3.05, 3.63) is 40.6 Å². The first-order valence-electron chi connectivity index (χ1n) is 6.85. The fourth-order valence-corrected chi connectivity index (χ4v) is 2.85. The summed E-state index contributed by atoms with van der Waals surface area (Å²) >= 11 is 0. The third-order valence-electron chi connectivity index (χ3n) is 4.01. The van der Waals surface area contributed by atoms with Crippen LogP contribution in [0.1, 0.15) is 19.3 Å². The van der Waals surface area contributed by atoms with Crippen LogP contribution in [0, 0.1) is 5.92 Å². The van der Waals surface area contributed by atoms with Crippen molar-refractivity contribution in [1.29, 1.82) is 0 Å². The van der Waals surface area contributed by atoms with E-state index in [-0.39, 0.29) is 30.2 Å². The van der Waals surface area contributed by atoms with E-state index in [0.29, 0.717) is 12.0 Å². The molecule has 1 aromatic heterocycles. The van der Waals surface area contributed by atoms with Crippen molar-refractivity contribution in [2.75, 3.05) is 11.9 Å². The summed E-state index contributed by atoms with van der Waals surface area (Å²) in [5.74, 6) is 1.29. The number of aromatic amines is 1. The molecule has 1 saturated carbocycles. The Hall–Kier alpha value is -1.23. The SMILES string of the molecule is Cl.Cl.N[C@@H]1CCC[C@@H]1CNc1cc(=O)c2ccccc2[nH]1. The fraction of sp³-hybridized carbons (Fsp3) is 0.400. The molecule has 0 unspecified atom stereocenters. The van der Waals surface area contributed by atoms with Gasteiger partial charge in [-0.25, -0.2) is 0 Å². The molecule has 4 nitrogen and oxygen atoms in total. The van der Waals surface area contributed by atoms with Crippen molar-refractivity contribution < 1.29 is 0 Å². The Kier molecular flexibility index (Phi) is 6.52. The molecule has 0 radical (unpaired) electrons. The molecule has 0 aliphatic heterocycles. The van der Waals surface area contributed by atoms with E-state index in [0.717, 1.165) is 29.7 Å². The molecule has 116 valence electrons. The van der Waals surface area contributed by atoms with Gasteiger partial charge in [-0.3, -0.25) is 4.79 Å². The fourth-order valence-electron chi connectivity index (χ4n) is 2.85. The first-order valence-corrected chi connectivity index (χ1v) is 6.85. The lowest BCUT2D eigenvalue weighted by Crippen LogP contribution is -2.30. The topological polar surface area (TPSA) is 70.9 Å². The van der Waals surface area contributed by atoms with Crippen LogP contribution >= 0.6 is 24.8 Å². The molecule has 0 amide bonds. The quantitative estimate of drug-likeness (QED) is 0.810. The second kappa shape index (κ2) is 7.69. The van der Waals surface area contributed by atoms with E-state index >= 15 is 0 Å². The predicted octanol–water partition coefficient (Wildman–Crippen LogP) is 2.91. The molecule has 0 saturated heterocycles. The van der Waals surface area contributed by atoms with E-state index in [2.05, 4.69) is 10.3 Å². The van der Waals surface area contributed by atoms with Gasteiger partial charge in [0.25, 0.3) is 0 Å². The highest BCUT2D eigenvalue weighted by Crippen LogP contribution is 2.24. The molecule has 1 aromatic carbocycles. The molecule has 2 atom stereocenters. The number of halogens is 2. The molecule has 6 heteroatoms. The lowest BCUT2D eigenvalue weighted by atomic mass is 10.1. The summed E-state index contributed by atoms with van der Waals surface area (Å²) in [6, 6.07) is 9.48. The van der Waals surface area contributed by atoms with Gasteiger partial charge in [0, 0.05) is 24.0 Å². The van der Waals surface area contributed by atoms with Crippen molar-refractivity contribution in [1.82, 2.24) is 4.98 Å². The predicted molar refractivity (Wildman–Crippen MR) is 92.9 cm³/mol. The van der Waals surface area contributed by atoms with Gasteiger partial charge in [-0.15, -0.1) is 24.8 Å². The molecule has 1 fully saturated rings. The number of H-pyrrole nitrogens is 1. The molecular weight excluding hydrogens is 309 g/mol. The number of fused-ring (bicyclic) bond motifs is 1. The number of aromatic nitrogens is 1. The minimum atomic E-state index is 0. The summed E-state index contributed by atoms with van der Waals surface area (Å²) in [7, 11) is 0. The van der Waals surface area contributed by atoms with Crippen LogP contribution in [0.25, 0.3) is 10.9 Å². The molecule has 0 spiro atoms. The Labute approximate surface area is 136 Å². The van der Waals surface area contributed by atoms with Gasteiger partial charge in [-0.1, -0.05) is 18.6 Å². The van der Waals surface area contributed by atoms with Crippen LogP contribution in [0.5, 0.6) is 0 Å². The van der Waals surface area contributed by atoms with E-state index in [4.69, 9.17) is 5.73 Å². The van der Waals surface area contributed by atoms with Crippen LogP contribution in [0.15, 0.2) is 35.1 Å². The molecule has 1 heterocycles. The van der Waals surface area contributed by atoms with Crippen LogP contribution in [-0.4, -0.2) is 17.6 Å². The van der Waals surface area contributed by atoms with Crippen molar-refractivity contribution >= 4 is 41.5 Å². The number of hydrogen-bond donors (Lipinski definition) is 3. The Bertz CT molecular complexity index is 644. The standard InChI is InChI=1S/C15H19N3O.2ClH/c16-12-6-3-4-10(12)9-17-15-8-14(19)11-5-1-2-7-13(11)18-15;;/h1-2,5,7-8,10,12H,3-4,6,9,16H2,(H2,17,18,19);2*1H/t10-,12-;;/m1../s1. The third-order valence-corrected chi connectivity index (χ3v) is 4.01. The summed E-state index contributed by atoms with van der Waals surface area (Å²) in [6.45, 7) is 0.829. The number of rotatable bonds is 3. The molecule has 1 aliphatic carbocycles. The summed E-state index contributed by atoms with van der Waals surface area (Å²) in [6.07, 6.45) is 3.49. The molecule has 0 bridgehead atoms. The van der Waals surface area contributed by atoms with Gasteiger partial charge >= 0.3 is 0 Å². The van der Waals surface area contributed by atoms with Crippen LogP contribution in [0.2, 0.25) is 0 Å². The minimum Gasteiger partial charge on any atom is -0.371 e. The highest BCUT2D eigenvalue weighted by Gasteiger charge is 2.23. The van der Waals surface area contributed by atoms with Crippen LogP contribution < -0.4 is 16.5 Å². The number of anilines is 1. The summed E-state index contributed by atoms with van der Waals surface area (Å²) in [5, 5.41) is 4.04. The number of hydrogen-bond acceptors (Lipinski definition) is 3. The lowest BCUT2D eigenvalue weighted by Gasteiger charge is -2.16. The normalized spacial score (nSPS) is 20.6. The van der Waals surface area contributed by atoms with E-state index in [1.54, 1.807) is 6.07 Å². The maximum absolute atomic E-state index is 12.0. The number of para-hydroxylation sites is 1. The van der Waals surface area contributed by atoms with Crippen LogP contribution in [0.4, 0.5) is 5.82 Å². The zero-order valence-electron chi connectivity index (χ0n) is 11.7. The van der Waals surface area contributed by atoms with Gasteiger partial charge in [0.1, 0.15) is 5.82 Å². The minimum absolute atomic E-state index is 0. The van der Waals surface area contributed by atoms with Gasteiger partial charge in [0.2, 0.25) is 0 Å². The number of nitrogens with one attached hydrogen (secondary N) is 2. The number of pyridine rings is 1. The summed E-state index contributed by atoms with van der Waals surface area (Å²) < 4.78 is 0. The summed E-state index contributed by atoms with van der Waals surface area (Å²) in [5.41, 5.74) is 6.97. The van der Waals surface area contributed by atoms with Crippen molar-refractivity contribution in [2.45, 2.75) is 25.3 Å². The second-order valence-electron chi connectivity index (χ2n) is 5.33. The van der Waals surface area contributed by atoms with E-state index < -0.39 is 0 Å². The van der Waals surface area contributed by atoms with Gasteiger partial charge in [-0.2, -0.15) is 0 Å². The maximum atomic E-state index is 12.0. The zero-order valence-corrected chi connectivity index (χ0v) is 13.3. The lowest BCUT2D eigenvalue weighted by molar-refractivity contribution is 0.504. The van der Waals surface area contributed by atoms with Gasteiger partial charge in [-0.05, 0) is 30.9 Å². The summed E-state index contributed by atoms with van der Waals surface area (Å²) in [4.78, 5) is 15.2. The third kappa shape index (κ3) is 3.90. The van der Waals surface area contributed by atoms with Gasteiger partial charge in [0.05, 0.1) is 5.52 Å². The Morgan fingerprint density at radius 1 is 1.24 bits per heavy atom. The van der Waals surface area contributed by atoms with Crippen molar-refractivity contribution in [3.8, 4) is 0 Å². The number of nitrogens with two attached hydrogens (primary N) is 1.